The second-order valence-electron chi connectivity index (χ2n) is 13.7. The molecule has 0 N–H and O–H groups in total. The Morgan fingerprint density at radius 3 is 0.742 bits per heavy atom. The van der Waals surface area contributed by atoms with E-state index in [0.717, 1.165) is 8.97 Å². The lowest BCUT2D eigenvalue weighted by atomic mass is 10.1. The topological polar surface area (TPSA) is 0 Å². The number of likely N-dealkylation sites (N-methyl/N-ethyl adjacent to an activating group) is 2. The van der Waals surface area contributed by atoms with E-state index in [1.54, 1.807) is 0 Å². The van der Waals surface area contributed by atoms with Gasteiger partial charge in [-0.3, -0.25) is 0 Å². The van der Waals surface area contributed by atoms with Gasteiger partial charge >= 0.3 is 0 Å². The standard InChI is InChI=1S/C27H64N4/c1-28(2,3)22-18-14-11-12-16-20-24-30(7,8)26-27-31(9,10)25-21-17-13-15-19-23-29(4,5)6/h11-27H2,1-10H3/q+4. The van der Waals surface area contributed by atoms with Crippen LogP contribution in [0.1, 0.15) is 70.6 Å². The van der Waals surface area contributed by atoms with Crippen LogP contribution in [-0.2, 0) is 0 Å². The van der Waals surface area contributed by atoms with Gasteiger partial charge in [-0.2, -0.15) is 0 Å². The molecule has 0 saturated heterocycles. The van der Waals surface area contributed by atoms with E-state index in [0.29, 0.717) is 0 Å². The van der Waals surface area contributed by atoms with Crippen LogP contribution < -0.4 is 0 Å². The molecule has 4 nitrogen and oxygen atoms in total. The van der Waals surface area contributed by atoms with Gasteiger partial charge in [-0.15, -0.1) is 0 Å². The second-order valence-corrected chi connectivity index (χ2v) is 13.7. The maximum absolute atomic E-state index is 2.44. The van der Waals surface area contributed by atoms with Crippen LogP contribution in [0.15, 0.2) is 0 Å². The van der Waals surface area contributed by atoms with E-state index >= 15 is 0 Å². The fourth-order valence-corrected chi connectivity index (χ4v) is 4.25. The molecular weight excluding hydrogens is 380 g/mol. The molecule has 0 radical (unpaired) electrons. The summed E-state index contributed by atoms with van der Waals surface area (Å²) in [7, 11) is 23.6. The largest absolute Gasteiger partial charge is 0.331 e. The first-order valence-electron chi connectivity index (χ1n) is 13.4. The summed E-state index contributed by atoms with van der Waals surface area (Å²) in [6.07, 6.45) is 15.4. The van der Waals surface area contributed by atoms with Gasteiger partial charge in [-0.25, -0.2) is 0 Å². The van der Waals surface area contributed by atoms with Gasteiger partial charge < -0.3 is 17.9 Å². The molecule has 0 atom stereocenters. The van der Waals surface area contributed by atoms with E-state index in [-0.39, 0.29) is 0 Å². The molecule has 4 heteroatoms. The molecule has 188 valence electrons. The van der Waals surface area contributed by atoms with Gasteiger partial charge in [0.2, 0.25) is 0 Å². The first-order chi connectivity index (χ1) is 14.1. The summed E-state index contributed by atoms with van der Waals surface area (Å²) in [6.45, 7) is 7.91. The van der Waals surface area contributed by atoms with Crippen LogP contribution in [0.4, 0.5) is 0 Å². The summed E-state index contributed by atoms with van der Waals surface area (Å²) >= 11 is 0. The zero-order valence-corrected chi connectivity index (χ0v) is 23.8. The highest BCUT2D eigenvalue weighted by atomic mass is 15.4. The predicted octanol–water partition coefficient (Wildman–Crippen LogP) is 4.84. The first-order valence-corrected chi connectivity index (χ1v) is 13.4. The fourth-order valence-electron chi connectivity index (χ4n) is 4.25. The van der Waals surface area contributed by atoms with Crippen LogP contribution in [0.2, 0.25) is 0 Å². The highest BCUT2D eigenvalue weighted by Gasteiger charge is 2.22. The molecule has 0 aromatic rings. The molecule has 0 aliphatic carbocycles. The fraction of sp³-hybridized carbons (Fsp3) is 1.00. The van der Waals surface area contributed by atoms with Crippen molar-refractivity contribution in [2.24, 2.45) is 0 Å². The molecule has 0 bridgehead atoms. The first kappa shape index (κ1) is 30.8. The van der Waals surface area contributed by atoms with E-state index in [4.69, 9.17) is 0 Å². The van der Waals surface area contributed by atoms with Crippen LogP contribution in [0.25, 0.3) is 0 Å². The minimum Gasteiger partial charge on any atom is -0.331 e. The molecule has 0 aliphatic heterocycles. The molecule has 0 rings (SSSR count). The van der Waals surface area contributed by atoms with Crippen molar-refractivity contribution < 1.29 is 17.9 Å². The van der Waals surface area contributed by atoms with Crippen molar-refractivity contribution in [3.05, 3.63) is 0 Å². The number of nitrogens with zero attached hydrogens (tertiary/aromatic N) is 4. The van der Waals surface area contributed by atoms with Gasteiger partial charge in [-0.1, -0.05) is 19.3 Å². The monoisotopic (exact) mass is 445 g/mol. The Bertz CT molecular complexity index is 429. The van der Waals surface area contributed by atoms with E-state index < -0.39 is 0 Å². The Morgan fingerprint density at radius 2 is 0.484 bits per heavy atom. The number of unbranched alkanes of at least 4 members (excludes halogenated alkanes) is 9. The highest BCUT2D eigenvalue weighted by molar-refractivity contribution is 4.48. The molecule has 0 amide bonds. The third-order valence-corrected chi connectivity index (χ3v) is 6.75. The van der Waals surface area contributed by atoms with Gasteiger partial charge in [0.1, 0.15) is 13.1 Å². The number of hydrogen-bond acceptors (Lipinski definition) is 0. The van der Waals surface area contributed by atoms with Gasteiger partial charge in [0, 0.05) is 0 Å². The van der Waals surface area contributed by atoms with Crippen molar-refractivity contribution in [3.63, 3.8) is 0 Å². The zero-order chi connectivity index (χ0) is 24.0. The summed E-state index contributed by atoms with van der Waals surface area (Å²) in [5.41, 5.74) is 0. The van der Waals surface area contributed by atoms with Crippen molar-refractivity contribution in [2.75, 3.05) is 110 Å². The maximum atomic E-state index is 2.44. The lowest BCUT2D eigenvalue weighted by Gasteiger charge is -2.36. The Hall–Kier alpha value is -0.160. The summed E-state index contributed by atoms with van der Waals surface area (Å²) in [5, 5.41) is 0. The molecule has 0 aromatic carbocycles. The van der Waals surface area contributed by atoms with E-state index in [9.17, 15) is 0 Å². The van der Waals surface area contributed by atoms with Crippen LogP contribution in [0.3, 0.4) is 0 Å². The SMILES string of the molecule is C[N+](C)(C)CCCCCCCC[N+](C)(C)CC[N+](C)(C)CCCCCCC[N+](C)(C)C. The molecule has 0 heterocycles. The third kappa shape index (κ3) is 22.8. The van der Waals surface area contributed by atoms with E-state index in [1.165, 1.54) is 119 Å². The molecule has 0 spiro atoms. The second kappa shape index (κ2) is 14.9. The number of quaternary nitrogens is 4. The van der Waals surface area contributed by atoms with Crippen molar-refractivity contribution in [2.45, 2.75) is 70.6 Å². The minimum atomic E-state index is 1.11. The summed E-state index contributed by atoms with van der Waals surface area (Å²) < 4.78 is 4.59. The van der Waals surface area contributed by atoms with Crippen molar-refractivity contribution in [1.82, 2.24) is 0 Å². The predicted molar refractivity (Wildman–Crippen MR) is 140 cm³/mol. The zero-order valence-electron chi connectivity index (χ0n) is 23.8. The average molecular weight is 445 g/mol. The normalized spacial score (nSPS) is 13.7. The number of hydrogen-bond donors (Lipinski definition) is 0. The number of rotatable bonds is 20. The molecule has 0 fully saturated rings. The van der Waals surface area contributed by atoms with Crippen LogP contribution in [0, 0.1) is 0 Å². The van der Waals surface area contributed by atoms with E-state index in [2.05, 4.69) is 70.5 Å². The molecule has 0 unspecified atom stereocenters. The molecule has 0 aromatic heterocycles. The summed E-state index contributed by atoms with van der Waals surface area (Å²) in [5.74, 6) is 0. The Morgan fingerprint density at radius 1 is 0.258 bits per heavy atom. The minimum absolute atomic E-state index is 1.11. The lowest BCUT2D eigenvalue weighted by Crippen LogP contribution is -2.51. The van der Waals surface area contributed by atoms with Gasteiger partial charge in [0.05, 0.1) is 96.7 Å². The lowest BCUT2D eigenvalue weighted by molar-refractivity contribution is -0.946. The molecule has 0 saturated carbocycles. The Kier molecular flexibility index (Phi) is 14.8. The molecule has 0 aliphatic rings. The van der Waals surface area contributed by atoms with Crippen LogP contribution in [0.5, 0.6) is 0 Å². The van der Waals surface area contributed by atoms with Gasteiger partial charge in [0.25, 0.3) is 0 Å². The quantitative estimate of drug-likeness (QED) is 0.186. The van der Waals surface area contributed by atoms with Gasteiger partial charge in [0.15, 0.2) is 0 Å². The Labute approximate surface area is 198 Å². The third-order valence-electron chi connectivity index (χ3n) is 6.75. The Balaban J connectivity index is 3.77. The summed E-state index contributed by atoms with van der Waals surface area (Å²) in [4.78, 5) is 0. The van der Waals surface area contributed by atoms with E-state index in [1.807, 2.05) is 0 Å². The van der Waals surface area contributed by atoms with Crippen LogP contribution >= 0.6 is 0 Å². The van der Waals surface area contributed by atoms with Crippen molar-refractivity contribution in [1.29, 1.82) is 0 Å². The van der Waals surface area contributed by atoms with Crippen LogP contribution in [-0.4, -0.2) is 128 Å². The molecular formula is C27H64N4+4. The maximum Gasteiger partial charge on any atom is 0.128 e. The van der Waals surface area contributed by atoms with Crippen molar-refractivity contribution in [3.8, 4) is 0 Å². The smallest absolute Gasteiger partial charge is 0.128 e. The average Bonchev–Trinajstić information content (AvgIpc) is 2.60. The highest BCUT2D eigenvalue weighted by Crippen LogP contribution is 2.12. The van der Waals surface area contributed by atoms with Gasteiger partial charge in [-0.05, 0) is 51.4 Å². The van der Waals surface area contributed by atoms with Crippen molar-refractivity contribution >= 4 is 0 Å². The molecule has 31 heavy (non-hydrogen) atoms. The summed E-state index contributed by atoms with van der Waals surface area (Å²) in [6, 6.07) is 0.